The van der Waals surface area contributed by atoms with Gasteiger partial charge in [-0.2, -0.15) is 8.42 Å². The van der Waals surface area contributed by atoms with E-state index in [-0.39, 0.29) is 22.2 Å². The Hall–Kier alpha value is -0.0900. The van der Waals surface area contributed by atoms with Gasteiger partial charge in [-0.3, -0.25) is 4.18 Å². The molecule has 2 aliphatic carbocycles. The number of fused-ring (bicyclic) bond motifs is 1. The highest BCUT2D eigenvalue weighted by Gasteiger charge is 2.73. The van der Waals surface area contributed by atoms with E-state index in [4.69, 9.17) is 4.18 Å². The fourth-order valence-electron chi connectivity index (χ4n) is 4.12. The van der Waals surface area contributed by atoms with Crippen molar-refractivity contribution in [1.82, 2.24) is 0 Å². The van der Waals surface area contributed by atoms with E-state index in [9.17, 15) is 8.42 Å². The van der Waals surface area contributed by atoms with E-state index >= 15 is 0 Å². The Kier molecular flexibility index (Phi) is 1.34. The summed E-state index contributed by atoms with van der Waals surface area (Å²) in [6, 6.07) is 0. The minimum Gasteiger partial charge on any atom is -0.266 e. The number of rotatable bonds is 0. The molecule has 1 heterocycles. The van der Waals surface area contributed by atoms with Gasteiger partial charge in [-0.05, 0) is 24.2 Å². The first-order valence-corrected chi connectivity index (χ1v) is 6.69. The Bertz CT molecular complexity index is 402. The Labute approximate surface area is 85.0 Å². The molecule has 3 rings (SSSR count). The Morgan fingerprint density at radius 3 is 2.50 bits per heavy atom. The molecule has 2 bridgehead atoms. The van der Waals surface area contributed by atoms with Crippen molar-refractivity contribution in [2.75, 3.05) is 0 Å². The van der Waals surface area contributed by atoms with E-state index < -0.39 is 10.1 Å². The predicted molar refractivity (Wildman–Crippen MR) is 52.2 cm³/mol. The summed E-state index contributed by atoms with van der Waals surface area (Å²) < 4.78 is 28.8. The zero-order valence-corrected chi connectivity index (χ0v) is 9.60. The van der Waals surface area contributed by atoms with Crippen molar-refractivity contribution in [3.8, 4) is 0 Å². The summed E-state index contributed by atoms with van der Waals surface area (Å²) >= 11 is 0. The smallest absolute Gasteiger partial charge is 0.266 e. The maximum Gasteiger partial charge on any atom is 0.271 e. The van der Waals surface area contributed by atoms with Gasteiger partial charge >= 0.3 is 0 Å². The molecule has 5 atom stereocenters. The molecule has 1 aliphatic heterocycles. The van der Waals surface area contributed by atoms with Gasteiger partial charge in [0.1, 0.15) is 0 Å². The standard InChI is InChI=1S/C10H16O3S/c1-6-8-10(3)5-9(6,2)4-7(10)14(11,12)13-8/h6-8H,4-5H2,1-3H3. The zero-order valence-electron chi connectivity index (χ0n) is 8.78. The Balaban J connectivity index is 2.21. The summed E-state index contributed by atoms with van der Waals surface area (Å²) in [5, 5.41) is -0.235. The fraction of sp³-hybridized carbons (Fsp3) is 1.00. The zero-order chi connectivity index (χ0) is 10.4. The minimum atomic E-state index is -3.26. The van der Waals surface area contributed by atoms with Crippen LogP contribution >= 0.6 is 0 Å². The second-order valence-corrected chi connectivity index (χ2v) is 7.57. The van der Waals surface area contributed by atoms with Crippen molar-refractivity contribution in [2.24, 2.45) is 16.7 Å². The van der Waals surface area contributed by atoms with Gasteiger partial charge in [-0.15, -0.1) is 0 Å². The van der Waals surface area contributed by atoms with Crippen molar-refractivity contribution in [3.63, 3.8) is 0 Å². The average molecular weight is 216 g/mol. The lowest BCUT2D eigenvalue weighted by atomic mass is 9.74. The third kappa shape index (κ3) is 0.735. The van der Waals surface area contributed by atoms with Gasteiger partial charge in [0, 0.05) is 5.41 Å². The van der Waals surface area contributed by atoms with Crippen LogP contribution in [0.3, 0.4) is 0 Å². The predicted octanol–water partition coefficient (Wildman–Crippen LogP) is 1.54. The van der Waals surface area contributed by atoms with Crippen LogP contribution in [0.5, 0.6) is 0 Å². The van der Waals surface area contributed by atoms with Crippen molar-refractivity contribution in [3.05, 3.63) is 0 Å². The summed E-state index contributed by atoms with van der Waals surface area (Å²) in [6.07, 6.45) is 1.75. The maximum absolute atomic E-state index is 11.8. The second kappa shape index (κ2) is 2.05. The molecule has 0 radical (unpaired) electrons. The summed E-state index contributed by atoms with van der Waals surface area (Å²) in [4.78, 5) is 0. The third-order valence-electron chi connectivity index (χ3n) is 4.96. The normalized spacial score (nSPS) is 63.5. The molecule has 0 aromatic heterocycles. The average Bonchev–Trinajstić information content (AvgIpc) is 2.46. The SMILES string of the molecule is CC1C2OS(=O)(=O)C3CC1(C)CC23C. The molecular formula is C10H16O3S. The van der Waals surface area contributed by atoms with Gasteiger partial charge in [0.15, 0.2) is 0 Å². The van der Waals surface area contributed by atoms with E-state index in [1.54, 1.807) is 0 Å². The highest BCUT2D eigenvalue weighted by Crippen LogP contribution is 2.70. The van der Waals surface area contributed by atoms with E-state index in [2.05, 4.69) is 20.8 Å². The van der Waals surface area contributed by atoms with Gasteiger partial charge in [-0.25, -0.2) is 0 Å². The van der Waals surface area contributed by atoms with Crippen molar-refractivity contribution in [2.45, 2.75) is 45.0 Å². The van der Waals surface area contributed by atoms with Gasteiger partial charge in [0.25, 0.3) is 10.1 Å². The van der Waals surface area contributed by atoms with Crippen LogP contribution in [-0.2, 0) is 14.3 Å². The van der Waals surface area contributed by atoms with E-state index in [1.165, 1.54) is 0 Å². The van der Waals surface area contributed by atoms with Gasteiger partial charge in [-0.1, -0.05) is 20.8 Å². The van der Waals surface area contributed by atoms with Crippen LogP contribution in [0.2, 0.25) is 0 Å². The molecular weight excluding hydrogens is 200 g/mol. The van der Waals surface area contributed by atoms with Crippen LogP contribution in [0.1, 0.15) is 33.6 Å². The van der Waals surface area contributed by atoms with E-state index in [0.717, 1.165) is 12.8 Å². The molecule has 5 unspecified atom stereocenters. The molecule has 4 heteroatoms. The van der Waals surface area contributed by atoms with Crippen LogP contribution in [-0.4, -0.2) is 19.8 Å². The largest absolute Gasteiger partial charge is 0.271 e. The summed E-state index contributed by atoms with van der Waals surface area (Å²) in [5.41, 5.74) is 0.0840. The lowest BCUT2D eigenvalue weighted by Crippen LogP contribution is -2.38. The fourth-order valence-corrected chi connectivity index (χ4v) is 6.39. The van der Waals surface area contributed by atoms with Crippen LogP contribution < -0.4 is 0 Å². The first-order valence-electron chi connectivity index (χ1n) is 5.22. The molecule has 0 N–H and O–H groups in total. The van der Waals surface area contributed by atoms with E-state index in [0.29, 0.717) is 5.92 Å². The molecule has 3 nitrogen and oxygen atoms in total. The molecule has 3 aliphatic rings. The quantitative estimate of drug-likeness (QED) is 0.577. The second-order valence-electron chi connectivity index (χ2n) is 5.83. The topological polar surface area (TPSA) is 43.4 Å². The van der Waals surface area contributed by atoms with Crippen LogP contribution in [0, 0.1) is 16.7 Å². The lowest BCUT2D eigenvalue weighted by molar-refractivity contribution is 0.0712. The lowest BCUT2D eigenvalue weighted by Gasteiger charge is -2.32. The molecule has 1 saturated heterocycles. The highest BCUT2D eigenvalue weighted by molar-refractivity contribution is 7.87. The first kappa shape index (κ1) is 9.16. The molecule has 14 heavy (non-hydrogen) atoms. The highest BCUT2D eigenvalue weighted by atomic mass is 32.2. The summed E-state index contributed by atoms with van der Waals surface area (Å²) in [6.45, 7) is 6.43. The van der Waals surface area contributed by atoms with Crippen molar-refractivity contribution >= 4 is 10.1 Å². The Morgan fingerprint density at radius 1 is 1.36 bits per heavy atom. The molecule has 3 fully saturated rings. The van der Waals surface area contributed by atoms with Crippen LogP contribution in [0.4, 0.5) is 0 Å². The molecule has 0 aromatic carbocycles. The van der Waals surface area contributed by atoms with Crippen molar-refractivity contribution < 1.29 is 12.6 Å². The minimum absolute atomic E-state index is 0.0590. The van der Waals surface area contributed by atoms with Gasteiger partial charge < -0.3 is 0 Å². The van der Waals surface area contributed by atoms with E-state index in [1.807, 2.05) is 0 Å². The van der Waals surface area contributed by atoms with Crippen LogP contribution in [0.25, 0.3) is 0 Å². The maximum atomic E-state index is 11.8. The number of hydrogen-bond acceptors (Lipinski definition) is 3. The summed E-state index contributed by atoms with van der Waals surface area (Å²) in [7, 11) is -3.26. The third-order valence-corrected chi connectivity index (χ3v) is 6.84. The van der Waals surface area contributed by atoms with Crippen molar-refractivity contribution in [1.29, 1.82) is 0 Å². The Morgan fingerprint density at radius 2 is 2.00 bits per heavy atom. The molecule has 80 valence electrons. The molecule has 0 amide bonds. The monoisotopic (exact) mass is 216 g/mol. The first-order chi connectivity index (χ1) is 6.30. The van der Waals surface area contributed by atoms with Gasteiger partial charge in [0.05, 0.1) is 11.4 Å². The molecule has 0 spiro atoms. The van der Waals surface area contributed by atoms with Gasteiger partial charge in [0.2, 0.25) is 0 Å². The summed E-state index contributed by atoms with van der Waals surface area (Å²) in [5.74, 6) is 0.376. The molecule has 0 aromatic rings. The molecule has 2 saturated carbocycles. The van der Waals surface area contributed by atoms with Crippen LogP contribution in [0.15, 0.2) is 0 Å². The number of hydrogen-bond donors (Lipinski definition) is 0.